The monoisotopic (exact) mass is 379 g/mol. The van der Waals surface area contributed by atoms with Gasteiger partial charge >= 0.3 is 0 Å². The largest absolute Gasteiger partial charge is 0.378 e. The van der Waals surface area contributed by atoms with Crippen LogP contribution >= 0.6 is 0 Å². The number of anilines is 2. The molecular weight excluding hydrogens is 354 g/mol. The molecule has 5 heterocycles. The third-order valence-corrected chi connectivity index (χ3v) is 5.48. The highest BCUT2D eigenvalue weighted by atomic mass is 16.5. The summed E-state index contributed by atoms with van der Waals surface area (Å²) in [6.45, 7) is 9.24. The van der Waals surface area contributed by atoms with Crippen molar-refractivity contribution in [2.75, 3.05) is 62.3 Å². The second-order valence-corrected chi connectivity index (χ2v) is 7.24. The minimum absolute atomic E-state index is 0.749. The van der Waals surface area contributed by atoms with E-state index in [0.717, 1.165) is 86.6 Å². The number of rotatable bonds is 3. The number of morpholine rings is 1. The van der Waals surface area contributed by atoms with Gasteiger partial charge in [0.25, 0.3) is 0 Å². The number of imidazole rings is 1. The van der Waals surface area contributed by atoms with Gasteiger partial charge in [0.1, 0.15) is 5.82 Å². The van der Waals surface area contributed by atoms with Gasteiger partial charge in [-0.15, -0.1) is 0 Å². The fourth-order valence-corrected chi connectivity index (χ4v) is 4.06. The predicted octanol–water partition coefficient (Wildman–Crippen LogP) is 1.35. The molecule has 0 saturated carbocycles. The molecule has 3 aromatic rings. The zero-order chi connectivity index (χ0) is 18.9. The lowest BCUT2D eigenvalue weighted by atomic mass is 10.1. The maximum absolute atomic E-state index is 5.50. The third kappa shape index (κ3) is 3.08. The highest BCUT2D eigenvalue weighted by Crippen LogP contribution is 2.30. The fourth-order valence-electron chi connectivity index (χ4n) is 4.06. The summed E-state index contributed by atoms with van der Waals surface area (Å²) in [6.07, 6.45) is 3.75. The van der Waals surface area contributed by atoms with Crippen LogP contribution in [0, 0.1) is 6.92 Å². The molecule has 2 fully saturated rings. The summed E-state index contributed by atoms with van der Waals surface area (Å²) in [5.41, 5.74) is 5.12. The summed E-state index contributed by atoms with van der Waals surface area (Å²) >= 11 is 0. The van der Waals surface area contributed by atoms with Crippen LogP contribution in [-0.2, 0) is 4.74 Å². The summed E-state index contributed by atoms with van der Waals surface area (Å²) in [6, 6.07) is 6.26. The van der Waals surface area contributed by atoms with Gasteiger partial charge in [-0.3, -0.25) is 0 Å². The van der Waals surface area contributed by atoms with Gasteiger partial charge in [0.05, 0.1) is 36.5 Å². The number of aryl methyl sites for hydroxylation is 1. The molecule has 28 heavy (non-hydrogen) atoms. The van der Waals surface area contributed by atoms with Crippen molar-refractivity contribution in [3.63, 3.8) is 0 Å². The minimum Gasteiger partial charge on any atom is -0.378 e. The van der Waals surface area contributed by atoms with E-state index in [4.69, 9.17) is 9.72 Å². The molecule has 2 aliphatic rings. The highest BCUT2D eigenvalue weighted by Gasteiger charge is 2.20. The van der Waals surface area contributed by atoms with Gasteiger partial charge in [-0.2, -0.15) is 5.10 Å². The molecular formula is C20H25N7O. The maximum atomic E-state index is 5.50. The number of aromatic nitrogens is 4. The number of pyridine rings is 1. The molecule has 8 nitrogen and oxygen atoms in total. The average Bonchev–Trinajstić information content (AvgIpc) is 3.11. The highest BCUT2D eigenvalue weighted by molar-refractivity contribution is 5.76. The second kappa shape index (κ2) is 7.37. The van der Waals surface area contributed by atoms with Crippen LogP contribution in [0.5, 0.6) is 0 Å². The first-order chi connectivity index (χ1) is 13.8. The van der Waals surface area contributed by atoms with Crippen LogP contribution in [0.25, 0.3) is 16.9 Å². The Hall–Kier alpha value is -2.71. The van der Waals surface area contributed by atoms with Crippen molar-refractivity contribution in [2.45, 2.75) is 6.92 Å². The van der Waals surface area contributed by atoms with Crippen molar-refractivity contribution in [1.82, 2.24) is 24.9 Å². The van der Waals surface area contributed by atoms with E-state index in [9.17, 15) is 0 Å². The average molecular weight is 379 g/mol. The molecule has 1 N–H and O–H groups in total. The Morgan fingerprint density at radius 3 is 2.64 bits per heavy atom. The lowest BCUT2D eigenvalue weighted by Gasteiger charge is -2.29. The number of piperazine rings is 1. The topological polar surface area (TPSA) is 70.8 Å². The van der Waals surface area contributed by atoms with Gasteiger partial charge in [-0.05, 0) is 25.1 Å². The SMILES string of the molecule is Cc1nc2c(N3CCOCC3)ccnn2c1-c1ccnc(N2CCNCC2)c1. The number of ether oxygens (including phenoxy) is 1. The van der Waals surface area contributed by atoms with E-state index in [0.29, 0.717) is 0 Å². The molecule has 0 bridgehead atoms. The summed E-state index contributed by atoms with van der Waals surface area (Å²) in [7, 11) is 0. The van der Waals surface area contributed by atoms with E-state index in [-0.39, 0.29) is 0 Å². The molecule has 8 heteroatoms. The van der Waals surface area contributed by atoms with Gasteiger partial charge in [-0.1, -0.05) is 0 Å². The van der Waals surface area contributed by atoms with Gasteiger partial charge in [-0.25, -0.2) is 14.5 Å². The lowest BCUT2D eigenvalue weighted by Crippen LogP contribution is -2.43. The van der Waals surface area contributed by atoms with E-state index in [1.165, 1.54) is 0 Å². The van der Waals surface area contributed by atoms with Gasteiger partial charge in [0, 0.05) is 51.0 Å². The Morgan fingerprint density at radius 2 is 1.82 bits per heavy atom. The quantitative estimate of drug-likeness (QED) is 0.736. The molecule has 0 amide bonds. The normalized spacial score (nSPS) is 18.0. The Balaban J connectivity index is 1.57. The van der Waals surface area contributed by atoms with Crippen molar-refractivity contribution in [1.29, 1.82) is 0 Å². The van der Waals surface area contributed by atoms with Crippen LogP contribution in [0.2, 0.25) is 0 Å². The molecule has 3 aromatic heterocycles. The molecule has 2 aliphatic heterocycles. The van der Waals surface area contributed by atoms with Crippen molar-refractivity contribution in [3.05, 3.63) is 36.3 Å². The second-order valence-electron chi connectivity index (χ2n) is 7.24. The Labute approximate surface area is 164 Å². The molecule has 0 atom stereocenters. The maximum Gasteiger partial charge on any atom is 0.178 e. The molecule has 0 radical (unpaired) electrons. The molecule has 5 rings (SSSR count). The number of hydrogen-bond acceptors (Lipinski definition) is 7. The Kier molecular flexibility index (Phi) is 4.58. The van der Waals surface area contributed by atoms with Crippen molar-refractivity contribution < 1.29 is 4.74 Å². The van der Waals surface area contributed by atoms with E-state index in [1.807, 2.05) is 23.0 Å². The van der Waals surface area contributed by atoms with Gasteiger partial charge in [0.2, 0.25) is 0 Å². The molecule has 0 spiro atoms. The van der Waals surface area contributed by atoms with Crippen molar-refractivity contribution >= 4 is 17.2 Å². The first-order valence-corrected chi connectivity index (χ1v) is 9.90. The summed E-state index contributed by atoms with van der Waals surface area (Å²) in [5, 5.41) is 8.02. The van der Waals surface area contributed by atoms with Crippen molar-refractivity contribution in [2.24, 2.45) is 0 Å². The summed E-state index contributed by atoms with van der Waals surface area (Å²) in [5.74, 6) is 1.01. The van der Waals surface area contributed by atoms with Crippen LogP contribution in [0.4, 0.5) is 11.5 Å². The van der Waals surface area contributed by atoms with Gasteiger partial charge < -0.3 is 19.9 Å². The minimum atomic E-state index is 0.749. The zero-order valence-corrected chi connectivity index (χ0v) is 16.1. The van der Waals surface area contributed by atoms with Crippen LogP contribution in [0.3, 0.4) is 0 Å². The summed E-state index contributed by atoms with van der Waals surface area (Å²) in [4.78, 5) is 14.1. The van der Waals surface area contributed by atoms with Crippen LogP contribution in [0.1, 0.15) is 5.69 Å². The molecule has 146 valence electrons. The molecule has 0 aromatic carbocycles. The fraction of sp³-hybridized carbons (Fsp3) is 0.450. The predicted molar refractivity (Wildman–Crippen MR) is 109 cm³/mol. The third-order valence-electron chi connectivity index (χ3n) is 5.48. The van der Waals surface area contributed by atoms with Crippen LogP contribution in [-0.4, -0.2) is 72.1 Å². The zero-order valence-electron chi connectivity index (χ0n) is 16.1. The van der Waals surface area contributed by atoms with Crippen LogP contribution < -0.4 is 15.1 Å². The first kappa shape index (κ1) is 17.4. The molecule has 0 unspecified atom stereocenters. The molecule has 2 saturated heterocycles. The molecule has 0 aliphatic carbocycles. The van der Waals surface area contributed by atoms with E-state index < -0.39 is 0 Å². The Bertz CT molecular complexity index is 974. The number of fused-ring (bicyclic) bond motifs is 1. The van der Waals surface area contributed by atoms with Crippen LogP contribution in [0.15, 0.2) is 30.6 Å². The summed E-state index contributed by atoms with van der Waals surface area (Å²) < 4.78 is 7.47. The van der Waals surface area contributed by atoms with Gasteiger partial charge in [0.15, 0.2) is 5.65 Å². The number of nitrogens with zero attached hydrogens (tertiary/aromatic N) is 6. The Morgan fingerprint density at radius 1 is 1.00 bits per heavy atom. The number of hydrogen-bond donors (Lipinski definition) is 1. The van der Waals surface area contributed by atoms with E-state index in [1.54, 1.807) is 0 Å². The smallest absolute Gasteiger partial charge is 0.178 e. The first-order valence-electron chi connectivity index (χ1n) is 9.90. The van der Waals surface area contributed by atoms with E-state index >= 15 is 0 Å². The van der Waals surface area contributed by atoms with E-state index in [2.05, 4.69) is 44.3 Å². The van der Waals surface area contributed by atoms with Crippen molar-refractivity contribution in [3.8, 4) is 11.3 Å². The lowest BCUT2D eigenvalue weighted by molar-refractivity contribution is 0.123. The number of nitrogens with one attached hydrogen (secondary N) is 1. The standard InChI is InChI=1S/C20H25N7O/c1-15-19(16-2-4-22-18(14-16)26-8-6-21-7-9-26)27-20(24-15)17(3-5-23-27)25-10-12-28-13-11-25/h2-5,14,21H,6-13H2,1H3.